The van der Waals surface area contributed by atoms with Crippen LogP contribution in [0, 0.1) is 11.8 Å². The normalized spacial score (nSPS) is 47.3. The van der Waals surface area contributed by atoms with Crippen molar-refractivity contribution in [2.75, 3.05) is 13.2 Å². The van der Waals surface area contributed by atoms with E-state index in [4.69, 9.17) is 4.74 Å². The maximum Gasteiger partial charge on any atom is 0.105 e. The summed E-state index contributed by atoms with van der Waals surface area (Å²) < 4.78 is 5.46. The quantitative estimate of drug-likeness (QED) is 0.793. The summed E-state index contributed by atoms with van der Waals surface area (Å²) in [7, 11) is 0. The van der Waals surface area contributed by atoms with E-state index < -0.39 is 5.60 Å². The summed E-state index contributed by atoms with van der Waals surface area (Å²) in [5.41, 5.74) is -0.650. The zero-order valence-corrected chi connectivity index (χ0v) is 11.4. The van der Waals surface area contributed by atoms with E-state index in [2.05, 4.69) is 19.2 Å². The van der Waals surface area contributed by atoms with Crippen LogP contribution in [0.2, 0.25) is 0 Å². The Morgan fingerprint density at radius 2 is 2.06 bits per heavy atom. The standard InChI is InChI=1S/C14H27NO2/c1-10-4-5-13(11(2)8-10)15-9-14(16)6-7-17-12(14)3/h10-13,15-16H,4-9H2,1-3H3. The van der Waals surface area contributed by atoms with Gasteiger partial charge < -0.3 is 15.2 Å². The number of nitrogens with one attached hydrogen (secondary N) is 1. The van der Waals surface area contributed by atoms with E-state index in [1.165, 1.54) is 19.3 Å². The van der Waals surface area contributed by atoms with Crippen LogP contribution < -0.4 is 5.32 Å². The molecule has 5 unspecified atom stereocenters. The molecule has 1 aliphatic carbocycles. The van der Waals surface area contributed by atoms with Gasteiger partial charge in [-0.3, -0.25) is 0 Å². The number of hydrogen-bond acceptors (Lipinski definition) is 3. The fraction of sp³-hybridized carbons (Fsp3) is 1.00. The molecule has 1 heterocycles. The van der Waals surface area contributed by atoms with E-state index in [-0.39, 0.29) is 6.10 Å². The van der Waals surface area contributed by atoms with Gasteiger partial charge in [0, 0.05) is 25.6 Å². The summed E-state index contributed by atoms with van der Waals surface area (Å²) in [6.45, 7) is 8.01. The molecular formula is C14H27NO2. The third-order valence-electron chi connectivity index (χ3n) is 4.76. The molecule has 0 aromatic carbocycles. The highest BCUT2D eigenvalue weighted by atomic mass is 16.5. The minimum Gasteiger partial charge on any atom is -0.386 e. The van der Waals surface area contributed by atoms with Crippen molar-refractivity contribution in [2.45, 2.75) is 64.2 Å². The van der Waals surface area contributed by atoms with Crippen LogP contribution in [0.25, 0.3) is 0 Å². The molecule has 100 valence electrons. The van der Waals surface area contributed by atoms with Crippen molar-refractivity contribution in [3.05, 3.63) is 0 Å². The van der Waals surface area contributed by atoms with Crippen LogP contribution in [0.3, 0.4) is 0 Å². The highest BCUT2D eigenvalue weighted by molar-refractivity contribution is 4.93. The zero-order valence-electron chi connectivity index (χ0n) is 11.4. The van der Waals surface area contributed by atoms with Crippen LogP contribution in [0.5, 0.6) is 0 Å². The maximum absolute atomic E-state index is 10.4. The first-order valence-corrected chi connectivity index (χ1v) is 7.08. The molecular weight excluding hydrogens is 214 g/mol. The van der Waals surface area contributed by atoms with Crippen LogP contribution >= 0.6 is 0 Å². The molecule has 1 saturated heterocycles. The summed E-state index contributed by atoms with van der Waals surface area (Å²) in [6.07, 6.45) is 4.59. The van der Waals surface area contributed by atoms with Gasteiger partial charge in [0.1, 0.15) is 5.60 Å². The second-order valence-electron chi connectivity index (χ2n) is 6.25. The number of ether oxygens (including phenoxy) is 1. The molecule has 1 saturated carbocycles. The van der Waals surface area contributed by atoms with Gasteiger partial charge in [0.2, 0.25) is 0 Å². The van der Waals surface area contributed by atoms with Crippen LogP contribution in [0.4, 0.5) is 0 Å². The third-order valence-corrected chi connectivity index (χ3v) is 4.76. The Morgan fingerprint density at radius 3 is 2.65 bits per heavy atom. The average Bonchev–Trinajstić information content (AvgIpc) is 2.59. The first kappa shape index (κ1) is 13.3. The molecule has 0 aromatic heterocycles. The molecule has 2 aliphatic rings. The Balaban J connectivity index is 1.81. The van der Waals surface area contributed by atoms with E-state index >= 15 is 0 Å². The van der Waals surface area contributed by atoms with Crippen LogP contribution in [-0.4, -0.2) is 36.0 Å². The monoisotopic (exact) mass is 241 g/mol. The van der Waals surface area contributed by atoms with E-state index in [1.54, 1.807) is 0 Å². The fourth-order valence-electron chi connectivity index (χ4n) is 3.28. The van der Waals surface area contributed by atoms with Gasteiger partial charge in [-0.05, 0) is 38.0 Å². The Bertz CT molecular complexity index is 259. The first-order chi connectivity index (χ1) is 8.01. The van der Waals surface area contributed by atoms with Gasteiger partial charge in [-0.15, -0.1) is 0 Å². The molecule has 0 amide bonds. The van der Waals surface area contributed by atoms with Crippen LogP contribution in [-0.2, 0) is 4.74 Å². The Labute approximate surface area is 105 Å². The summed E-state index contributed by atoms with van der Waals surface area (Å²) >= 11 is 0. The Kier molecular flexibility index (Phi) is 4.11. The summed E-state index contributed by atoms with van der Waals surface area (Å²) in [5, 5.41) is 14.0. The minimum atomic E-state index is -0.650. The largest absolute Gasteiger partial charge is 0.386 e. The molecule has 0 bridgehead atoms. The lowest BCUT2D eigenvalue weighted by Gasteiger charge is -2.36. The van der Waals surface area contributed by atoms with Crippen molar-refractivity contribution in [1.82, 2.24) is 5.32 Å². The Hall–Kier alpha value is -0.120. The van der Waals surface area contributed by atoms with Gasteiger partial charge in [0.25, 0.3) is 0 Å². The van der Waals surface area contributed by atoms with Crippen molar-refractivity contribution >= 4 is 0 Å². The van der Waals surface area contributed by atoms with Gasteiger partial charge in [0.15, 0.2) is 0 Å². The molecule has 0 spiro atoms. The van der Waals surface area contributed by atoms with Crippen molar-refractivity contribution in [1.29, 1.82) is 0 Å². The van der Waals surface area contributed by atoms with Crippen molar-refractivity contribution in [3.63, 3.8) is 0 Å². The summed E-state index contributed by atoms with van der Waals surface area (Å²) in [6, 6.07) is 0.572. The van der Waals surface area contributed by atoms with Gasteiger partial charge in [-0.1, -0.05) is 13.8 Å². The van der Waals surface area contributed by atoms with Crippen molar-refractivity contribution in [2.24, 2.45) is 11.8 Å². The molecule has 0 radical (unpaired) electrons. The Morgan fingerprint density at radius 1 is 1.29 bits per heavy atom. The van der Waals surface area contributed by atoms with Crippen molar-refractivity contribution < 1.29 is 9.84 Å². The first-order valence-electron chi connectivity index (χ1n) is 7.08. The lowest BCUT2D eigenvalue weighted by atomic mass is 9.79. The van der Waals surface area contributed by atoms with E-state index in [0.717, 1.165) is 18.3 Å². The molecule has 0 aromatic rings. The maximum atomic E-state index is 10.4. The molecule has 2 fully saturated rings. The lowest BCUT2D eigenvalue weighted by Crippen LogP contribution is -2.51. The SMILES string of the molecule is CC1CCC(NCC2(O)CCOC2C)C(C)C1. The van der Waals surface area contributed by atoms with Gasteiger partial charge in [-0.2, -0.15) is 0 Å². The minimum absolute atomic E-state index is 0.0344. The second-order valence-corrected chi connectivity index (χ2v) is 6.25. The van der Waals surface area contributed by atoms with Crippen molar-refractivity contribution in [3.8, 4) is 0 Å². The summed E-state index contributed by atoms with van der Waals surface area (Å²) in [4.78, 5) is 0. The molecule has 5 atom stereocenters. The molecule has 3 heteroatoms. The van der Waals surface area contributed by atoms with E-state index in [1.807, 2.05) is 6.92 Å². The van der Waals surface area contributed by atoms with Gasteiger partial charge in [0.05, 0.1) is 6.10 Å². The smallest absolute Gasteiger partial charge is 0.105 e. The highest BCUT2D eigenvalue weighted by Gasteiger charge is 2.40. The third kappa shape index (κ3) is 3.01. The highest BCUT2D eigenvalue weighted by Crippen LogP contribution is 2.30. The second kappa shape index (κ2) is 5.25. The molecule has 2 rings (SSSR count). The molecule has 1 aliphatic heterocycles. The zero-order chi connectivity index (χ0) is 12.5. The lowest BCUT2D eigenvalue weighted by molar-refractivity contribution is -0.0296. The average molecular weight is 241 g/mol. The van der Waals surface area contributed by atoms with Crippen LogP contribution in [0.15, 0.2) is 0 Å². The molecule has 2 N–H and O–H groups in total. The molecule has 17 heavy (non-hydrogen) atoms. The van der Waals surface area contributed by atoms with Gasteiger partial charge >= 0.3 is 0 Å². The van der Waals surface area contributed by atoms with E-state index in [0.29, 0.717) is 19.2 Å². The number of aliphatic hydroxyl groups is 1. The van der Waals surface area contributed by atoms with E-state index in [9.17, 15) is 5.11 Å². The number of hydrogen-bond donors (Lipinski definition) is 2. The van der Waals surface area contributed by atoms with Crippen LogP contribution in [0.1, 0.15) is 46.5 Å². The summed E-state index contributed by atoms with van der Waals surface area (Å²) in [5.74, 6) is 1.58. The van der Waals surface area contributed by atoms with Gasteiger partial charge in [-0.25, -0.2) is 0 Å². The number of rotatable bonds is 3. The predicted octanol–water partition coefficient (Wildman–Crippen LogP) is 1.94. The topological polar surface area (TPSA) is 41.5 Å². The fourth-order valence-corrected chi connectivity index (χ4v) is 3.28. The molecule has 3 nitrogen and oxygen atoms in total. The predicted molar refractivity (Wildman–Crippen MR) is 69.0 cm³/mol.